The molecular formula is C19H17Cl3N4O. The Morgan fingerprint density at radius 2 is 1.74 bits per heavy atom. The Hall–Kier alpha value is -2.21. The molecule has 3 aromatic rings. The molecule has 2 aromatic carbocycles. The summed E-state index contributed by atoms with van der Waals surface area (Å²) in [5, 5.41) is 11.6. The van der Waals surface area contributed by atoms with Crippen LogP contribution < -0.4 is 10.6 Å². The van der Waals surface area contributed by atoms with Crippen molar-refractivity contribution < 1.29 is 4.79 Å². The summed E-state index contributed by atoms with van der Waals surface area (Å²) in [4.78, 5) is 12.3. The molecule has 0 saturated carbocycles. The number of hydrogen-bond acceptors (Lipinski definition) is 2. The summed E-state index contributed by atoms with van der Waals surface area (Å²) in [5.74, 6) is 0. The number of nitrogens with zero attached hydrogens (tertiary/aromatic N) is 2. The average Bonchev–Trinajstić information content (AvgIpc) is 2.88. The lowest BCUT2D eigenvalue weighted by atomic mass is 10.2. The molecule has 0 aliphatic rings. The highest BCUT2D eigenvalue weighted by Crippen LogP contribution is 2.26. The van der Waals surface area contributed by atoms with Crippen LogP contribution in [0.4, 0.5) is 16.2 Å². The van der Waals surface area contributed by atoms with Crippen LogP contribution in [0.5, 0.6) is 0 Å². The van der Waals surface area contributed by atoms with Crippen molar-refractivity contribution in [3.63, 3.8) is 0 Å². The third-order valence-electron chi connectivity index (χ3n) is 4.08. The van der Waals surface area contributed by atoms with Crippen molar-refractivity contribution in [2.75, 3.05) is 10.6 Å². The molecular weight excluding hydrogens is 407 g/mol. The molecule has 0 aliphatic carbocycles. The number of nitrogens with one attached hydrogen (secondary N) is 2. The number of urea groups is 1. The van der Waals surface area contributed by atoms with E-state index in [9.17, 15) is 4.79 Å². The van der Waals surface area contributed by atoms with E-state index in [4.69, 9.17) is 34.8 Å². The van der Waals surface area contributed by atoms with Gasteiger partial charge in [-0.25, -0.2) is 4.79 Å². The molecule has 27 heavy (non-hydrogen) atoms. The van der Waals surface area contributed by atoms with Crippen molar-refractivity contribution in [2.24, 2.45) is 0 Å². The van der Waals surface area contributed by atoms with Gasteiger partial charge in [-0.1, -0.05) is 53.0 Å². The van der Waals surface area contributed by atoms with E-state index in [2.05, 4.69) is 15.7 Å². The highest BCUT2D eigenvalue weighted by Gasteiger charge is 2.15. The Morgan fingerprint density at radius 1 is 1.00 bits per heavy atom. The van der Waals surface area contributed by atoms with Crippen LogP contribution in [0.15, 0.2) is 42.5 Å². The Balaban J connectivity index is 1.75. The van der Waals surface area contributed by atoms with Crippen LogP contribution in [0, 0.1) is 13.8 Å². The summed E-state index contributed by atoms with van der Waals surface area (Å²) >= 11 is 18.1. The Labute approximate surface area is 172 Å². The molecule has 0 saturated heterocycles. The first-order valence-corrected chi connectivity index (χ1v) is 9.29. The fourth-order valence-corrected chi connectivity index (χ4v) is 3.16. The molecule has 3 rings (SSSR count). The number of anilines is 2. The summed E-state index contributed by atoms with van der Waals surface area (Å²) in [5.41, 5.74) is 3.69. The van der Waals surface area contributed by atoms with Crippen LogP contribution in [0.3, 0.4) is 0 Å². The lowest BCUT2D eigenvalue weighted by Gasteiger charge is -2.10. The summed E-state index contributed by atoms with van der Waals surface area (Å²) in [6, 6.07) is 12.1. The number of aryl methyl sites for hydroxylation is 1. The number of hydrogen-bond donors (Lipinski definition) is 2. The molecule has 8 heteroatoms. The van der Waals surface area contributed by atoms with Gasteiger partial charge in [0, 0.05) is 10.7 Å². The number of carbonyl (C=O) groups is 1. The van der Waals surface area contributed by atoms with Gasteiger partial charge in [-0.05, 0) is 43.7 Å². The van der Waals surface area contributed by atoms with Gasteiger partial charge in [0.25, 0.3) is 0 Å². The number of carbonyl (C=O) groups excluding carboxylic acids is 1. The number of benzene rings is 2. The van der Waals surface area contributed by atoms with Crippen LogP contribution in [0.25, 0.3) is 0 Å². The van der Waals surface area contributed by atoms with E-state index >= 15 is 0 Å². The average molecular weight is 424 g/mol. The lowest BCUT2D eigenvalue weighted by molar-refractivity contribution is 0.262. The summed E-state index contributed by atoms with van der Waals surface area (Å²) in [6.07, 6.45) is 0. The standard InChI is InChI=1S/C19H17Cl3N4O/c1-11-18(24-19(27)23-14-7-8-16(21)17(22)9-14)12(2)26(25-11)10-13-5-3-4-6-15(13)20/h3-9H,10H2,1-2H3,(H2,23,24,27). The maximum Gasteiger partial charge on any atom is 0.323 e. The van der Waals surface area contributed by atoms with Crippen LogP contribution >= 0.6 is 34.8 Å². The predicted octanol–water partition coefficient (Wildman–Crippen LogP) is 6.15. The molecule has 0 radical (unpaired) electrons. The van der Waals surface area contributed by atoms with Crippen molar-refractivity contribution in [2.45, 2.75) is 20.4 Å². The Kier molecular flexibility index (Phi) is 5.95. The first-order chi connectivity index (χ1) is 12.8. The fourth-order valence-electron chi connectivity index (χ4n) is 2.67. The van der Waals surface area contributed by atoms with Gasteiger partial charge in [0.15, 0.2) is 0 Å². The van der Waals surface area contributed by atoms with Gasteiger partial charge in [-0.3, -0.25) is 4.68 Å². The van der Waals surface area contributed by atoms with Crippen LogP contribution in [0.2, 0.25) is 15.1 Å². The van der Waals surface area contributed by atoms with E-state index in [1.165, 1.54) is 0 Å². The van der Waals surface area contributed by atoms with Gasteiger partial charge in [-0.2, -0.15) is 5.10 Å². The van der Waals surface area contributed by atoms with E-state index in [1.54, 1.807) is 18.2 Å². The molecule has 1 heterocycles. The van der Waals surface area contributed by atoms with Crippen molar-refractivity contribution in [1.29, 1.82) is 0 Å². The smallest absolute Gasteiger partial charge is 0.308 e. The number of amides is 2. The zero-order valence-electron chi connectivity index (χ0n) is 14.7. The van der Waals surface area contributed by atoms with Crippen LogP contribution in [-0.4, -0.2) is 15.8 Å². The second-order valence-corrected chi connectivity index (χ2v) is 7.22. The van der Waals surface area contributed by atoms with Gasteiger partial charge in [0.05, 0.1) is 33.7 Å². The van der Waals surface area contributed by atoms with Crippen molar-refractivity contribution in [3.8, 4) is 0 Å². The van der Waals surface area contributed by atoms with Gasteiger partial charge in [0.1, 0.15) is 0 Å². The van der Waals surface area contributed by atoms with E-state index in [0.717, 1.165) is 11.3 Å². The highest BCUT2D eigenvalue weighted by molar-refractivity contribution is 6.42. The third kappa shape index (κ3) is 4.56. The SMILES string of the molecule is Cc1nn(Cc2ccccc2Cl)c(C)c1NC(=O)Nc1ccc(Cl)c(Cl)c1. The monoisotopic (exact) mass is 422 g/mol. The van der Waals surface area contributed by atoms with Gasteiger partial charge in [-0.15, -0.1) is 0 Å². The maximum absolute atomic E-state index is 12.3. The molecule has 5 nitrogen and oxygen atoms in total. The van der Waals surface area contributed by atoms with Crippen molar-refractivity contribution in [1.82, 2.24) is 9.78 Å². The molecule has 0 fully saturated rings. The minimum atomic E-state index is -0.392. The maximum atomic E-state index is 12.3. The topological polar surface area (TPSA) is 59.0 Å². The van der Waals surface area contributed by atoms with Gasteiger partial charge >= 0.3 is 6.03 Å². The number of halogens is 3. The normalized spacial score (nSPS) is 10.7. The molecule has 0 spiro atoms. The zero-order chi connectivity index (χ0) is 19.6. The molecule has 0 atom stereocenters. The molecule has 2 amide bonds. The number of rotatable bonds is 4. The minimum Gasteiger partial charge on any atom is -0.308 e. The molecule has 0 bridgehead atoms. The minimum absolute atomic E-state index is 0.370. The second-order valence-electron chi connectivity index (χ2n) is 6.00. The van der Waals surface area contributed by atoms with E-state index in [0.29, 0.717) is 38.7 Å². The van der Waals surface area contributed by atoms with Crippen molar-refractivity contribution in [3.05, 3.63) is 74.5 Å². The van der Waals surface area contributed by atoms with Gasteiger partial charge < -0.3 is 10.6 Å². The Morgan fingerprint density at radius 3 is 2.44 bits per heavy atom. The van der Waals surface area contributed by atoms with Gasteiger partial charge in [0.2, 0.25) is 0 Å². The second kappa shape index (κ2) is 8.21. The third-order valence-corrected chi connectivity index (χ3v) is 5.18. The van der Waals surface area contributed by atoms with Crippen LogP contribution in [0.1, 0.15) is 17.0 Å². The summed E-state index contributed by atoms with van der Waals surface area (Å²) < 4.78 is 1.81. The van der Waals surface area contributed by atoms with E-state index < -0.39 is 6.03 Å². The first-order valence-electron chi connectivity index (χ1n) is 8.15. The van der Waals surface area contributed by atoms with Crippen LogP contribution in [-0.2, 0) is 6.54 Å². The zero-order valence-corrected chi connectivity index (χ0v) is 17.0. The highest BCUT2D eigenvalue weighted by atomic mass is 35.5. The lowest BCUT2D eigenvalue weighted by Crippen LogP contribution is -2.20. The summed E-state index contributed by atoms with van der Waals surface area (Å²) in [7, 11) is 0. The molecule has 1 aromatic heterocycles. The predicted molar refractivity (Wildman–Crippen MR) is 111 cm³/mol. The van der Waals surface area contributed by atoms with Crippen molar-refractivity contribution >= 4 is 52.2 Å². The molecule has 2 N–H and O–H groups in total. The fraction of sp³-hybridized carbons (Fsp3) is 0.158. The first kappa shape index (κ1) is 19.5. The molecule has 0 aliphatic heterocycles. The molecule has 0 unspecified atom stereocenters. The van der Waals surface area contributed by atoms with E-state index in [1.807, 2.05) is 42.8 Å². The Bertz CT molecular complexity index is 1000. The largest absolute Gasteiger partial charge is 0.323 e. The summed E-state index contributed by atoms with van der Waals surface area (Å²) in [6.45, 7) is 4.25. The quantitative estimate of drug-likeness (QED) is 0.528. The van der Waals surface area contributed by atoms with E-state index in [-0.39, 0.29) is 0 Å². The number of aromatic nitrogens is 2. The molecule has 140 valence electrons.